The maximum atomic E-state index is 13.7. The largest absolute Gasteiger partial charge is 0.493 e. The number of fused-ring (bicyclic) bond motifs is 2. The lowest BCUT2D eigenvalue weighted by Gasteiger charge is -2.26. The average Bonchev–Trinajstić information content (AvgIpc) is 3.31. The first-order valence-electron chi connectivity index (χ1n) is 12.6. The second-order valence-corrected chi connectivity index (χ2v) is 9.24. The second kappa shape index (κ2) is 10.2. The molecule has 3 heterocycles. The lowest BCUT2D eigenvalue weighted by Crippen LogP contribution is -2.38. The van der Waals surface area contributed by atoms with Gasteiger partial charge in [0.15, 0.2) is 5.76 Å². The van der Waals surface area contributed by atoms with E-state index in [1.165, 1.54) is 0 Å². The van der Waals surface area contributed by atoms with E-state index < -0.39 is 0 Å². The summed E-state index contributed by atoms with van der Waals surface area (Å²) < 4.78 is 23.4. The Labute approximate surface area is 210 Å². The first kappa shape index (κ1) is 22.8. The average molecular weight is 484 g/mol. The number of furan rings is 1. The fourth-order valence-corrected chi connectivity index (χ4v) is 4.95. The maximum absolute atomic E-state index is 13.7. The smallest absolute Gasteiger partial charge is 0.228 e. The van der Waals surface area contributed by atoms with Gasteiger partial charge in [0, 0.05) is 42.2 Å². The first-order chi connectivity index (χ1) is 17.8. The zero-order valence-electron chi connectivity index (χ0n) is 20.2. The third kappa shape index (κ3) is 4.62. The van der Waals surface area contributed by atoms with Gasteiger partial charge in [-0.05, 0) is 54.3 Å². The lowest BCUT2D eigenvalue weighted by molar-refractivity contribution is 0.0322. The van der Waals surface area contributed by atoms with Gasteiger partial charge in [-0.1, -0.05) is 30.3 Å². The quantitative estimate of drug-likeness (QED) is 0.330. The number of hydrogen-bond acceptors (Lipinski definition) is 6. The predicted octanol–water partition coefficient (Wildman–Crippen LogP) is 5.37. The van der Waals surface area contributed by atoms with E-state index in [9.17, 15) is 4.79 Å². The first-order valence-corrected chi connectivity index (χ1v) is 12.6. The molecular formula is C30H29NO5. The van der Waals surface area contributed by atoms with Crippen LogP contribution in [0.3, 0.4) is 0 Å². The number of nitrogens with zero attached hydrogens (tertiary/aromatic N) is 1. The van der Waals surface area contributed by atoms with Crippen molar-refractivity contribution < 1.29 is 23.4 Å². The number of rotatable bonds is 7. The maximum Gasteiger partial charge on any atom is 0.228 e. The fraction of sp³-hybridized carbons (Fsp3) is 0.300. The number of benzene rings is 3. The standard InChI is InChI=1S/C30H29NO5/c32-29(22-8-10-24(11-9-22)34-18-14-31-12-16-33-17-13-31)30-28(21-5-2-1-3-6-21)25-19-23-7-4-15-35-26(23)20-27(25)36-30/h1-3,5-6,8-11,19-20H,4,7,12-18H2. The van der Waals surface area contributed by atoms with E-state index in [0.717, 1.165) is 79.3 Å². The van der Waals surface area contributed by atoms with Crippen LogP contribution in [-0.2, 0) is 11.2 Å². The van der Waals surface area contributed by atoms with Crippen LogP contribution < -0.4 is 9.47 Å². The van der Waals surface area contributed by atoms with Crippen molar-refractivity contribution in [3.63, 3.8) is 0 Å². The summed E-state index contributed by atoms with van der Waals surface area (Å²) in [6.45, 7) is 5.59. The van der Waals surface area contributed by atoms with Crippen LogP contribution in [0.2, 0.25) is 0 Å². The summed E-state index contributed by atoms with van der Waals surface area (Å²) in [5.41, 5.74) is 4.17. The van der Waals surface area contributed by atoms with Crippen LogP contribution in [-0.4, -0.2) is 56.7 Å². The topological polar surface area (TPSA) is 61.1 Å². The van der Waals surface area contributed by atoms with E-state index >= 15 is 0 Å². The third-order valence-corrected chi connectivity index (χ3v) is 6.88. The molecule has 3 aromatic carbocycles. The summed E-state index contributed by atoms with van der Waals surface area (Å²) in [5.74, 6) is 1.79. The predicted molar refractivity (Wildman–Crippen MR) is 138 cm³/mol. The highest BCUT2D eigenvalue weighted by Crippen LogP contribution is 2.40. The summed E-state index contributed by atoms with van der Waals surface area (Å²) in [5, 5.41) is 0.942. The molecule has 0 saturated carbocycles. The zero-order chi connectivity index (χ0) is 24.3. The van der Waals surface area contributed by atoms with Crippen molar-refractivity contribution in [3.05, 3.63) is 83.6 Å². The molecule has 6 rings (SSSR count). The highest BCUT2D eigenvalue weighted by Gasteiger charge is 2.25. The van der Waals surface area contributed by atoms with Crippen LogP contribution in [0.15, 0.2) is 71.1 Å². The highest BCUT2D eigenvalue weighted by atomic mass is 16.5. The molecule has 6 heteroatoms. The molecule has 184 valence electrons. The number of aryl methyl sites for hydroxylation is 1. The highest BCUT2D eigenvalue weighted by molar-refractivity contribution is 6.15. The summed E-state index contributed by atoms with van der Waals surface area (Å²) in [7, 11) is 0. The molecule has 0 aliphatic carbocycles. The summed E-state index contributed by atoms with van der Waals surface area (Å²) in [4.78, 5) is 16.0. The van der Waals surface area contributed by atoms with E-state index in [2.05, 4.69) is 11.0 Å². The number of morpholine rings is 1. The minimum atomic E-state index is -0.149. The van der Waals surface area contributed by atoms with Gasteiger partial charge in [-0.15, -0.1) is 0 Å². The molecule has 0 radical (unpaired) electrons. The van der Waals surface area contributed by atoms with Gasteiger partial charge in [0.1, 0.15) is 23.7 Å². The summed E-state index contributed by atoms with van der Waals surface area (Å²) in [6, 6.07) is 21.3. The van der Waals surface area contributed by atoms with Crippen molar-refractivity contribution in [2.24, 2.45) is 0 Å². The summed E-state index contributed by atoms with van der Waals surface area (Å²) in [6.07, 6.45) is 1.95. The monoisotopic (exact) mass is 483 g/mol. The Bertz CT molecular complexity index is 1350. The number of carbonyl (C=O) groups excluding carboxylic acids is 1. The number of ether oxygens (including phenoxy) is 3. The third-order valence-electron chi connectivity index (χ3n) is 6.88. The van der Waals surface area contributed by atoms with Crippen LogP contribution >= 0.6 is 0 Å². The van der Waals surface area contributed by atoms with Crippen molar-refractivity contribution >= 4 is 16.8 Å². The minimum absolute atomic E-state index is 0.149. The molecular weight excluding hydrogens is 454 g/mol. The van der Waals surface area contributed by atoms with Gasteiger partial charge in [0.2, 0.25) is 5.78 Å². The van der Waals surface area contributed by atoms with Gasteiger partial charge in [-0.3, -0.25) is 9.69 Å². The van der Waals surface area contributed by atoms with E-state index in [1.54, 1.807) is 0 Å². The molecule has 0 N–H and O–H groups in total. The van der Waals surface area contributed by atoms with Crippen LogP contribution in [0.5, 0.6) is 11.5 Å². The van der Waals surface area contributed by atoms with Crippen molar-refractivity contribution in [2.75, 3.05) is 46.1 Å². The zero-order valence-corrected chi connectivity index (χ0v) is 20.2. The van der Waals surface area contributed by atoms with Gasteiger partial charge in [-0.2, -0.15) is 0 Å². The van der Waals surface area contributed by atoms with Gasteiger partial charge in [0.25, 0.3) is 0 Å². The van der Waals surface area contributed by atoms with Gasteiger partial charge < -0.3 is 18.6 Å². The van der Waals surface area contributed by atoms with Crippen LogP contribution in [0.4, 0.5) is 0 Å². The molecule has 0 unspecified atom stereocenters. The van der Waals surface area contributed by atoms with Crippen molar-refractivity contribution in [1.82, 2.24) is 4.90 Å². The van der Waals surface area contributed by atoms with Crippen molar-refractivity contribution in [1.29, 1.82) is 0 Å². The Balaban J connectivity index is 1.27. The fourth-order valence-electron chi connectivity index (χ4n) is 4.95. The van der Waals surface area contributed by atoms with E-state index in [1.807, 2.05) is 60.7 Å². The molecule has 36 heavy (non-hydrogen) atoms. The molecule has 0 spiro atoms. The molecule has 1 aromatic heterocycles. The number of carbonyl (C=O) groups is 1. The Morgan fingerprint density at radius 2 is 1.75 bits per heavy atom. The van der Waals surface area contributed by atoms with E-state index in [0.29, 0.717) is 30.1 Å². The van der Waals surface area contributed by atoms with Crippen molar-refractivity contribution in [2.45, 2.75) is 12.8 Å². The lowest BCUT2D eigenvalue weighted by atomic mass is 9.96. The minimum Gasteiger partial charge on any atom is -0.493 e. The molecule has 2 aliphatic heterocycles. The Morgan fingerprint density at radius 3 is 2.56 bits per heavy atom. The molecule has 2 aliphatic rings. The Hall–Kier alpha value is -3.61. The van der Waals surface area contributed by atoms with Gasteiger partial charge >= 0.3 is 0 Å². The number of hydrogen-bond donors (Lipinski definition) is 0. The molecule has 0 amide bonds. The molecule has 4 aromatic rings. The van der Waals surface area contributed by atoms with E-state index in [4.69, 9.17) is 18.6 Å². The van der Waals surface area contributed by atoms with Crippen LogP contribution in [0.25, 0.3) is 22.1 Å². The molecule has 6 nitrogen and oxygen atoms in total. The molecule has 0 bridgehead atoms. The van der Waals surface area contributed by atoms with E-state index in [-0.39, 0.29) is 5.78 Å². The number of ketones is 1. The molecule has 1 saturated heterocycles. The van der Waals surface area contributed by atoms with Gasteiger partial charge in [0.05, 0.1) is 19.8 Å². The van der Waals surface area contributed by atoms with Crippen LogP contribution in [0.1, 0.15) is 28.1 Å². The second-order valence-electron chi connectivity index (χ2n) is 9.24. The summed E-state index contributed by atoms with van der Waals surface area (Å²) >= 11 is 0. The van der Waals surface area contributed by atoms with Crippen LogP contribution in [0, 0.1) is 0 Å². The molecule has 0 atom stereocenters. The Kier molecular flexibility index (Phi) is 6.45. The molecule has 1 fully saturated rings. The van der Waals surface area contributed by atoms with Gasteiger partial charge in [-0.25, -0.2) is 0 Å². The van der Waals surface area contributed by atoms with Crippen molar-refractivity contribution in [3.8, 4) is 22.6 Å². The normalized spacial score (nSPS) is 15.9. The Morgan fingerprint density at radius 1 is 0.944 bits per heavy atom. The SMILES string of the molecule is O=C(c1ccc(OCCN2CCOCC2)cc1)c1oc2cc3c(cc2c1-c1ccccc1)CCCO3.